The molecule has 0 aliphatic carbocycles. The third-order valence-electron chi connectivity index (χ3n) is 1.62. The molecule has 2 nitrogen and oxygen atoms in total. The van der Waals surface area contributed by atoms with Gasteiger partial charge >= 0.3 is 0 Å². The van der Waals surface area contributed by atoms with Crippen molar-refractivity contribution in [2.75, 3.05) is 7.11 Å². The Morgan fingerprint density at radius 3 is 2.69 bits per heavy atom. The van der Waals surface area contributed by atoms with Crippen molar-refractivity contribution < 1.29 is 18.3 Å². The normalized spacial score (nSPS) is 9.77. The standard InChI is InChI=1S/C9H8F2O2/c1-13-9-7(5-12)2-6(4-10)3-8(9)11/h2-3,5H,4H2,1H3. The fourth-order valence-corrected chi connectivity index (χ4v) is 1.05. The van der Waals surface area contributed by atoms with Crippen LogP contribution in [0.25, 0.3) is 0 Å². The third-order valence-corrected chi connectivity index (χ3v) is 1.62. The maximum absolute atomic E-state index is 13.0. The number of hydrogen-bond donors (Lipinski definition) is 0. The van der Waals surface area contributed by atoms with Crippen molar-refractivity contribution in [3.8, 4) is 5.75 Å². The number of methoxy groups -OCH3 is 1. The van der Waals surface area contributed by atoms with Crippen molar-refractivity contribution in [1.82, 2.24) is 0 Å². The van der Waals surface area contributed by atoms with Crippen LogP contribution < -0.4 is 4.74 Å². The van der Waals surface area contributed by atoms with Gasteiger partial charge in [-0.05, 0) is 17.7 Å². The first kappa shape index (κ1) is 9.64. The van der Waals surface area contributed by atoms with Crippen LogP contribution in [0.2, 0.25) is 0 Å². The summed E-state index contributed by atoms with van der Waals surface area (Å²) in [5.41, 5.74) is 0.149. The van der Waals surface area contributed by atoms with Crippen molar-refractivity contribution in [2.45, 2.75) is 6.67 Å². The first-order chi connectivity index (χ1) is 6.22. The quantitative estimate of drug-likeness (QED) is 0.676. The average Bonchev–Trinajstić information content (AvgIpc) is 2.16. The van der Waals surface area contributed by atoms with E-state index >= 15 is 0 Å². The smallest absolute Gasteiger partial charge is 0.166 e. The minimum atomic E-state index is -0.804. The molecule has 0 aliphatic rings. The van der Waals surface area contributed by atoms with E-state index < -0.39 is 12.5 Å². The monoisotopic (exact) mass is 186 g/mol. The molecule has 0 saturated carbocycles. The van der Waals surface area contributed by atoms with Crippen molar-refractivity contribution in [3.63, 3.8) is 0 Å². The largest absolute Gasteiger partial charge is 0.493 e. The molecule has 70 valence electrons. The number of ether oxygens (including phenoxy) is 1. The van der Waals surface area contributed by atoms with Crippen LogP contribution in [0.1, 0.15) is 15.9 Å². The number of rotatable bonds is 3. The van der Waals surface area contributed by atoms with E-state index in [1.807, 2.05) is 0 Å². The summed E-state index contributed by atoms with van der Waals surface area (Å²) in [6, 6.07) is 2.26. The van der Waals surface area contributed by atoms with E-state index in [0.717, 1.165) is 6.07 Å². The third kappa shape index (κ3) is 1.83. The lowest BCUT2D eigenvalue weighted by Crippen LogP contribution is -1.96. The van der Waals surface area contributed by atoms with Gasteiger partial charge in [0.2, 0.25) is 0 Å². The summed E-state index contributed by atoms with van der Waals surface area (Å²) in [5, 5.41) is 0. The molecule has 0 radical (unpaired) electrons. The minimum absolute atomic E-state index is 0.0233. The van der Waals surface area contributed by atoms with E-state index in [-0.39, 0.29) is 16.9 Å². The fraction of sp³-hybridized carbons (Fsp3) is 0.222. The molecule has 0 aliphatic heterocycles. The molecular weight excluding hydrogens is 178 g/mol. The van der Waals surface area contributed by atoms with Crippen LogP contribution >= 0.6 is 0 Å². The molecule has 0 N–H and O–H groups in total. The van der Waals surface area contributed by atoms with Crippen LogP contribution in [0.5, 0.6) is 5.75 Å². The van der Waals surface area contributed by atoms with Crippen molar-refractivity contribution in [3.05, 3.63) is 29.1 Å². The predicted octanol–water partition coefficient (Wildman–Crippen LogP) is 2.12. The lowest BCUT2D eigenvalue weighted by molar-refractivity contribution is 0.111. The maximum atomic E-state index is 13.0. The van der Waals surface area contributed by atoms with Gasteiger partial charge in [-0.3, -0.25) is 4.79 Å². The second-order valence-corrected chi connectivity index (χ2v) is 2.45. The Labute approximate surface area is 74.1 Å². The highest BCUT2D eigenvalue weighted by atomic mass is 19.1. The van der Waals surface area contributed by atoms with Crippen LogP contribution in [-0.4, -0.2) is 13.4 Å². The molecule has 0 heterocycles. The Bertz CT molecular complexity index is 324. The summed E-state index contributed by atoms with van der Waals surface area (Å²) in [4.78, 5) is 10.4. The van der Waals surface area contributed by atoms with Gasteiger partial charge in [-0.15, -0.1) is 0 Å². The molecule has 1 rings (SSSR count). The highest BCUT2D eigenvalue weighted by Gasteiger charge is 2.10. The molecule has 13 heavy (non-hydrogen) atoms. The molecule has 1 aromatic rings. The summed E-state index contributed by atoms with van der Waals surface area (Å²) in [5.74, 6) is -0.869. The molecule has 0 aromatic heterocycles. The molecule has 0 amide bonds. The Morgan fingerprint density at radius 2 is 2.23 bits per heavy atom. The number of hydrogen-bond acceptors (Lipinski definition) is 2. The van der Waals surface area contributed by atoms with Gasteiger partial charge in [0.1, 0.15) is 6.67 Å². The Kier molecular flexibility index (Phi) is 2.95. The SMILES string of the molecule is COc1c(F)cc(CF)cc1C=O. The second-order valence-electron chi connectivity index (χ2n) is 2.45. The lowest BCUT2D eigenvalue weighted by atomic mass is 10.1. The van der Waals surface area contributed by atoms with Gasteiger partial charge in [-0.25, -0.2) is 8.78 Å². The molecule has 0 saturated heterocycles. The van der Waals surface area contributed by atoms with Gasteiger partial charge in [-0.2, -0.15) is 0 Å². The topological polar surface area (TPSA) is 26.3 Å². The number of carbonyl (C=O) groups is 1. The van der Waals surface area contributed by atoms with Crippen LogP contribution in [0.4, 0.5) is 8.78 Å². The number of benzene rings is 1. The van der Waals surface area contributed by atoms with Crippen molar-refractivity contribution in [2.24, 2.45) is 0 Å². The zero-order valence-electron chi connectivity index (χ0n) is 7.01. The highest BCUT2D eigenvalue weighted by molar-refractivity contribution is 5.79. The summed E-state index contributed by atoms with van der Waals surface area (Å²) < 4.78 is 29.8. The van der Waals surface area contributed by atoms with E-state index in [0.29, 0.717) is 6.29 Å². The molecular formula is C9H8F2O2. The van der Waals surface area contributed by atoms with Gasteiger partial charge in [0, 0.05) is 0 Å². The highest BCUT2D eigenvalue weighted by Crippen LogP contribution is 2.23. The van der Waals surface area contributed by atoms with Crippen molar-refractivity contribution in [1.29, 1.82) is 0 Å². The zero-order valence-corrected chi connectivity index (χ0v) is 7.01. The van der Waals surface area contributed by atoms with E-state index in [1.54, 1.807) is 0 Å². The minimum Gasteiger partial charge on any atom is -0.493 e. The van der Waals surface area contributed by atoms with Crippen LogP contribution in [0.3, 0.4) is 0 Å². The molecule has 0 atom stereocenters. The lowest BCUT2D eigenvalue weighted by Gasteiger charge is -2.05. The van der Waals surface area contributed by atoms with Crippen LogP contribution in [0.15, 0.2) is 12.1 Å². The Morgan fingerprint density at radius 1 is 1.54 bits per heavy atom. The Hall–Kier alpha value is -1.45. The van der Waals surface area contributed by atoms with Crippen molar-refractivity contribution >= 4 is 6.29 Å². The number of alkyl halides is 1. The fourth-order valence-electron chi connectivity index (χ4n) is 1.05. The van der Waals surface area contributed by atoms with E-state index in [9.17, 15) is 13.6 Å². The van der Waals surface area contributed by atoms with Crippen LogP contribution in [0, 0.1) is 5.82 Å². The van der Waals surface area contributed by atoms with Gasteiger partial charge in [0.25, 0.3) is 0 Å². The predicted molar refractivity (Wildman–Crippen MR) is 43.2 cm³/mol. The molecule has 0 fully saturated rings. The van der Waals surface area contributed by atoms with Gasteiger partial charge in [0.15, 0.2) is 17.9 Å². The van der Waals surface area contributed by atoms with Gasteiger partial charge in [-0.1, -0.05) is 0 Å². The molecule has 0 spiro atoms. The number of halogens is 2. The Balaban J connectivity index is 3.28. The molecule has 1 aromatic carbocycles. The summed E-state index contributed by atoms with van der Waals surface area (Å²) in [6.45, 7) is -0.804. The first-order valence-corrected chi connectivity index (χ1v) is 3.60. The molecule has 4 heteroatoms. The first-order valence-electron chi connectivity index (χ1n) is 3.60. The number of aldehydes is 1. The molecule has 0 bridgehead atoms. The summed E-state index contributed by atoms with van der Waals surface area (Å²) >= 11 is 0. The van der Waals surface area contributed by atoms with Gasteiger partial charge < -0.3 is 4.74 Å². The number of carbonyl (C=O) groups excluding carboxylic acids is 1. The van der Waals surface area contributed by atoms with E-state index in [2.05, 4.69) is 4.74 Å². The maximum Gasteiger partial charge on any atom is 0.166 e. The summed E-state index contributed by atoms with van der Waals surface area (Å²) in [7, 11) is 1.25. The average molecular weight is 186 g/mol. The summed E-state index contributed by atoms with van der Waals surface area (Å²) in [6.07, 6.45) is 0.432. The second kappa shape index (κ2) is 3.98. The van der Waals surface area contributed by atoms with E-state index in [1.165, 1.54) is 13.2 Å². The van der Waals surface area contributed by atoms with Gasteiger partial charge in [0.05, 0.1) is 12.7 Å². The zero-order chi connectivity index (χ0) is 9.84. The van der Waals surface area contributed by atoms with Crippen LogP contribution in [-0.2, 0) is 6.67 Å². The molecule has 0 unspecified atom stereocenters. The van der Waals surface area contributed by atoms with E-state index in [4.69, 9.17) is 0 Å².